The van der Waals surface area contributed by atoms with E-state index in [0.717, 1.165) is 61.0 Å². The average molecular weight is 739 g/mol. The second-order valence-corrected chi connectivity index (χ2v) is 15.1. The zero-order valence-electron chi connectivity index (χ0n) is 31.0. The van der Waals surface area contributed by atoms with Crippen LogP contribution in [-0.4, -0.2) is 19.5 Å². The molecule has 1 aliphatic rings. The first-order chi connectivity index (χ1) is 28.8. The average Bonchev–Trinajstić information content (AvgIpc) is 3.81. The van der Waals surface area contributed by atoms with Gasteiger partial charge in [0, 0.05) is 49.3 Å². The summed E-state index contributed by atoms with van der Waals surface area (Å²) in [6, 6.07) is 64.1. The molecule has 5 nitrogen and oxygen atoms in total. The molecule has 0 aliphatic heterocycles. The van der Waals surface area contributed by atoms with Crippen LogP contribution in [0.15, 0.2) is 186 Å². The van der Waals surface area contributed by atoms with Crippen molar-refractivity contribution in [2.24, 2.45) is 0 Å². The van der Waals surface area contributed by atoms with Gasteiger partial charge in [0.15, 0.2) is 17.5 Å². The highest BCUT2D eigenvalue weighted by molar-refractivity contribution is 6.37. The van der Waals surface area contributed by atoms with E-state index in [0.29, 0.717) is 17.5 Å². The van der Waals surface area contributed by atoms with Gasteiger partial charge in [-0.3, -0.25) is 0 Å². The maximum absolute atomic E-state index is 6.46. The molecule has 58 heavy (non-hydrogen) atoms. The lowest BCUT2D eigenvalue weighted by Gasteiger charge is -2.15. The zero-order valence-corrected chi connectivity index (χ0v) is 31.0. The monoisotopic (exact) mass is 738 g/mol. The Labute approximate surface area is 332 Å². The van der Waals surface area contributed by atoms with Crippen molar-refractivity contribution in [3.8, 4) is 62.1 Å². The van der Waals surface area contributed by atoms with Crippen LogP contribution < -0.4 is 0 Å². The van der Waals surface area contributed by atoms with E-state index in [-0.39, 0.29) is 0 Å². The molecule has 0 N–H and O–H groups in total. The smallest absolute Gasteiger partial charge is 0.165 e. The van der Waals surface area contributed by atoms with Gasteiger partial charge < -0.3 is 8.98 Å². The molecule has 0 saturated carbocycles. The van der Waals surface area contributed by atoms with Crippen LogP contribution in [0.25, 0.3) is 127 Å². The number of hydrogen-bond acceptors (Lipinski definition) is 4. The molecule has 1 aliphatic carbocycles. The molecule has 0 radical (unpaired) electrons. The van der Waals surface area contributed by atoms with Gasteiger partial charge in [-0.1, -0.05) is 133 Å². The van der Waals surface area contributed by atoms with Gasteiger partial charge in [-0.15, -0.1) is 0 Å². The van der Waals surface area contributed by atoms with Crippen molar-refractivity contribution in [1.82, 2.24) is 19.5 Å². The van der Waals surface area contributed by atoms with E-state index in [1.54, 1.807) is 0 Å². The van der Waals surface area contributed by atoms with E-state index in [4.69, 9.17) is 19.4 Å². The summed E-state index contributed by atoms with van der Waals surface area (Å²) in [4.78, 5) is 15.6. The number of rotatable bonds is 5. The summed E-state index contributed by atoms with van der Waals surface area (Å²) in [5, 5.41) is 9.61. The summed E-state index contributed by atoms with van der Waals surface area (Å²) in [5.74, 6) is 1.89. The van der Waals surface area contributed by atoms with Gasteiger partial charge >= 0.3 is 0 Å². The molecule has 0 spiro atoms. The Hall–Kier alpha value is -7.89. The minimum atomic E-state index is 0.621. The van der Waals surface area contributed by atoms with Crippen LogP contribution in [-0.2, 0) is 0 Å². The molecule has 0 bridgehead atoms. The number of benzene rings is 9. The first-order valence-electron chi connectivity index (χ1n) is 19.6. The third-order valence-corrected chi connectivity index (χ3v) is 12.0. The van der Waals surface area contributed by atoms with Crippen LogP contribution in [0.5, 0.6) is 0 Å². The Balaban J connectivity index is 1.03. The molecule has 0 saturated heterocycles. The van der Waals surface area contributed by atoms with Gasteiger partial charge in [-0.25, -0.2) is 15.0 Å². The topological polar surface area (TPSA) is 56.7 Å². The Bertz CT molecular complexity index is 3660. The molecular weight excluding hydrogens is 709 g/mol. The molecule has 0 unspecified atom stereocenters. The summed E-state index contributed by atoms with van der Waals surface area (Å²) in [6.07, 6.45) is 0. The summed E-state index contributed by atoms with van der Waals surface area (Å²) in [6.45, 7) is 0. The van der Waals surface area contributed by atoms with E-state index in [2.05, 4.69) is 162 Å². The number of furan rings is 1. The third-order valence-electron chi connectivity index (χ3n) is 12.0. The van der Waals surface area contributed by atoms with Crippen LogP contribution in [0.3, 0.4) is 0 Å². The molecule has 3 heterocycles. The summed E-state index contributed by atoms with van der Waals surface area (Å²) in [7, 11) is 0. The Morgan fingerprint density at radius 3 is 1.78 bits per heavy atom. The van der Waals surface area contributed by atoms with Crippen molar-refractivity contribution < 1.29 is 4.42 Å². The lowest BCUT2D eigenvalue weighted by atomic mass is 9.93. The van der Waals surface area contributed by atoms with Gasteiger partial charge in [-0.2, -0.15) is 0 Å². The van der Waals surface area contributed by atoms with Crippen molar-refractivity contribution >= 4 is 65.3 Å². The molecule has 268 valence electrons. The molecule has 0 atom stereocenters. The normalized spacial score (nSPS) is 12.1. The van der Waals surface area contributed by atoms with Crippen molar-refractivity contribution in [2.45, 2.75) is 0 Å². The van der Waals surface area contributed by atoms with Crippen LogP contribution in [0, 0.1) is 0 Å². The van der Waals surface area contributed by atoms with E-state index in [1.165, 1.54) is 49.0 Å². The van der Waals surface area contributed by atoms with Crippen molar-refractivity contribution in [1.29, 1.82) is 0 Å². The number of aromatic nitrogens is 4. The summed E-state index contributed by atoms with van der Waals surface area (Å²) in [5.41, 5.74) is 12.7. The minimum Gasteiger partial charge on any atom is -0.456 e. The molecule has 13 rings (SSSR count). The van der Waals surface area contributed by atoms with Crippen LogP contribution >= 0.6 is 0 Å². The lowest BCUT2D eigenvalue weighted by Crippen LogP contribution is -2.02. The molecule has 0 fully saturated rings. The fraction of sp³-hybridized carbons (Fsp3) is 0. The highest BCUT2D eigenvalue weighted by Gasteiger charge is 2.26. The Kier molecular flexibility index (Phi) is 6.38. The zero-order chi connectivity index (χ0) is 37.9. The standard InChI is InChI=1S/C53H30N4O/c1-3-11-31(12-4-1)38-28-23-32-13-7-8-16-37(32)46(38)53-55-51(34-14-5-2-6-15-34)54-52(56-53)35-21-26-36(27-22-35)57-41-19-9-17-39-40-18-10-20-43-48(40)50-44(58-43)30-25-33-24-29-42(57)49(45(33)50)47(39)41/h1-30H. The molecule has 3 aromatic heterocycles. The molecule has 9 aromatic carbocycles. The quantitative estimate of drug-likeness (QED) is 0.176. The second-order valence-electron chi connectivity index (χ2n) is 15.1. The lowest BCUT2D eigenvalue weighted by molar-refractivity contribution is 0.669. The van der Waals surface area contributed by atoms with Crippen molar-refractivity contribution in [3.63, 3.8) is 0 Å². The molecular formula is C53H30N4O. The summed E-state index contributed by atoms with van der Waals surface area (Å²) >= 11 is 0. The first kappa shape index (κ1) is 31.3. The maximum atomic E-state index is 6.46. The Morgan fingerprint density at radius 2 is 0.966 bits per heavy atom. The predicted molar refractivity (Wildman–Crippen MR) is 237 cm³/mol. The van der Waals surface area contributed by atoms with Crippen LogP contribution in [0.1, 0.15) is 0 Å². The molecule has 12 aromatic rings. The third kappa shape index (κ3) is 4.38. The van der Waals surface area contributed by atoms with E-state index < -0.39 is 0 Å². The van der Waals surface area contributed by atoms with Gasteiger partial charge in [0.05, 0.1) is 11.0 Å². The van der Waals surface area contributed by atoms with Gasteiger partial charge in [0.25, 0.3) is 0 Å². The van der Waals surface area contributed by atoms with Gasteiger partial charge in [-0.05, 0) is 86.9 Å². The summed E-state index contributed by atoms with van der Waals surface area (Å²) < 4.78 is 8.86. The predicted octanol–water partition coefficient (Wildman–Crippen LogP) is 13.8. The number of fused-ring (bicyclic) bond motifs is 2. The highest BCUT2D eigenvalue weighted by atomic mass is 16.3. The van der Waals surface area contributed by atoms with E-state index in [1.807, 2.05) is 24.3 Å². The van der Waals surface area contributed by atoms with Gasteiger partial charge in [0.1, 0.15) is 11.2 Å². The SMILES string of the molecule is c1ccc(-c2nc(-c3ccc(-n4c5cccc6c5c5c7c(ccc8oc9cccc-6c9c87)ccc54)cc3)nc(-c3c(-c4ccccc4)ccc4ccccc34)n2)cc1. The Morgan fingerprint density at radius 1 is 0.345 bits per heavy atom. The van der Waals surface area contributed by atoms with E-state index in [9.17, 15) is 0 Å². The maximum Gasteiger partial charge on any atom is 0.165 e. The molecule has 5 heteroatoms. The fourth-order valence-corrected chi connectivity index (χ4v) is 9.46. The van der Waals surface area contributed by atoms with Crippen LogP contribution in [0.2, 0.25) is 0 Å². The molecule has 0 amide bonds. The van der Waals surface area contributed by atoms with E-state index >= 15 is 0 Å². The van der Waals surface area contributed by atoms with Gasteiger partial charge in [0.2, 0.25) is 0 Å². The fourth-order valence-electron chi connectivity index (χ4n) is 9.46. The number of nitrogens with zero attached hydrogens (tertiary/aromatic N) is 4. The highest BCUT2D eigenvalue weighted by Crippen LogP contribution is 2.50. The van der Waals surface area contributed by atoms with Crippen molar-refractivity contribution in [3.05, 3.63) is 182 Å². The second kappa shape index (κ2) is 11.8. The van der Waals surface area contributed by atoms with Crippen molar-refractivity contribution in [2.75, 3.05) is 0 Å². The number of hydrogen-bond donors (Lipinski definition) is 0. The van der Waals surface area contributed by atoms with Crippen LogP contribution in [0.4, 0.5) is 0 Å². The first-order valence-corrected chi connectivity index (χ1v) is 19.6. The largest absolute Gasteiger partial charge is 0.456 e. The minimum absolute atomic E-state index is 0.621.